The number of rotatable bonds is 2. The molecular formula is C14H18Cl2N2O2. The van der Waals surface area contributed by atoms with Crippen LogP contribution < -0.4 is 5.56 Å². The molecule has 0 radical (unpaired) electrons. The van der Waals surface area contributed by atoms with Gasteiger partial charge in [0.15, 0.2) is 0 Å². The second kappa shape index (κ2) is 5.66. The Balaban J connectivity index is 1.71. The summed E-state index contributed by atoms with van der Waals surface area (Å²) in [4.78, 5) is 12.0. The lowest BCUT2D eigenvalue weighted by Gasteiger charge is -2.33. The zero-order valence-electron chi connectivity index (χ0n) is 11.3. The van der Waals surface area contributed by atoms with Gasteiger partial charge >= 0.3 is 0 Å². The Morgan fingerprint density at radius 1 is 1.30 bits per heavy atom. The van der Waals surface area contributed by atoms with Crippen molar-refractivity contribution < 1.29 is 4.74 Å². The van der Waals surface area contributed by atoms with Crippen molar-refractivity contribution in [1.29, 1.82) is 0 Å². The average Bonchev–Trinajstić information content (AvgIpc) is 2.83. The Hall–Kier alpha value is -0.580. The molecule has 1 saturated heterocycles. The molecule has 1 aromatic rings. The van der Waals surface area contributed by atoms with Crippen LogP contribution in [-0.4, -0.2) is 21.5 Å². The largest absolute Gasteiger partial charge is 0.370 e. The number of aromatic nitrogens is 2. The third-order valence-corrected chi connectivity index (χ3v) is 5.17. The molecule has 1 aliphatic heterocycles. The molecule has 110 valence electrons. The highest BCUT2D eigenvalue weighted by Gasteiger charge is 2.40. The van der Waals surface area contributed by atoms with Crippen molar-refractivity contribution in [3.63, 3.8) is 0 Å². The fourth-order valence-electron chi connectivity index (χ4n) is 3.36. The minimum atomic E-state index is -0.340. The second-order valence-electron chi connectivity index (χ2n) is 5.82. The molecule has 2 heterocycles. The summed E-state index contributed by atoms with van der Waals surface area (Å²) in [6.45, 7) is 0.456. The van der Waals surface area contributed by atoms with Crippen molar-refractivity contribution in [3.05, 3.63) is 26.6 Å². The SMILES string of the molecule is O=c1c(Cl)c(Cl)cnn1CC1CCC2(CCCCC2)O1. The smallest absolute Gasteiger partial charge is 0.287 e. The van der Waals surface area contributed by atoms with E-state index < -0.39 is 0 Å². The lowest BCUT2D eigenvalue weighted by molar-refractivity contribution is -0.0692. The minimum Gasteiger partial charge on any atom is -0.370 e. The summed E-state index contributed by atoms with van der Waals surface area (Å²) < 4.78 is 7.60. The van der Waals surface area contributed by atoms with Gasteiger partial charge in [0.25, 0.3) is 5.56 Å². The maximum Gasteiger partial charge on any atom is 0.287 e. The van der Waals surface area contributed by atoms with E-state index in [-0.39, 0.29) is 27.3 Å². The monoisotopic (exact) mass is 316 g/mol. The van der Waals surface area contributed by atoms with Crippen molar-refractivity contribution in [2.45, 2.75) is 63.2 Å². The third-order valence-electron chi connectivity index (χ3n) is 4.42. The van der Waals surface area contributed by atoms with E-state index in [9.17, 15) is 4.79 Å². The summed E-state index contributed by atoms with van der Waals surface area (Å²) >= 11 is 11.6. The third kappa shape index (κ3) is 2.74. The van der Waals surface area contributed by atoms with Gasteiger partial charge in [-0.15, -0.1) is 0 Å². The molecule has 1 aromatic heterocycles. The Bertz CT molecular complexity index is 553. The summed E-state index contributed by atoms with van der Waals surface area (Å²) in [5.41, 5.74) is -0.282. The minimum absolute atomic E-state index is 0.0343. The first-order chi connectivity index (χ1) is 9.60. The average molecular weight is 317 g/mol. The van der Waals surface area contributed by atoms with Crippen LogP contribution in [0.4, 0.5) is 0 Å². The normalized spacial score (nSPS) is 25.2. The van der Waals surface area contributed by atoms with E-state index in [0.717, 1.165) is 25.7 Å². The predicted octanol–water partition coefficient (Wildman–Crippen LogP) is 3.43. The van der Waals surface area contributed by atoms with Crippen LogP contribution in [0.25, 0.3) is 0 Å². The van der Waals surface area contributed by atoms with Gasteiger partial charge in [0.2, 0.25) is 0 Å². The number of halogens is 2. The number of hydrogen-bond acceptors (Lipinski definition) is 3. The summed E-state index contributed by atoms with van der Waals surface area (Å²) in [5, 5.41) is 4.28. The highest BCUT2D eigenvalue weighted by atomic mass is 35.5. The molecule has 4 nitrogen and oxygen atoms in total. The van der Waals surface area contributed by atoms with Gasteiger partial charge in [0.05, 0.1) is 29.5 Å². The molecule has 6 heteroatoms. The molecule has 1 atom stereocenters. The van der Waals surface area contributed by atoms with Gasteiger partial charge in [-0.05, 0) is 25.7 Å². The first-order valence-electron chi connectivity index (χ1n) is 7.19. The van der Waals surface area contributed by atoms with Crippen LogP contribution in [0.3, 0.4) is 0 Å². The quantitative estimate of drug-likeness (QED) is 0.839. The second-order valence-corrected chi connectivity index (χ2v) is 6.60. The predicted molar refractivity (Wildman–Crippen MR) is 78.4 cm³/mol. The molecular weight excluding hydrogens is 299 g/mol. The summed E-state index contributed by atoms with van der Waals surface area (Å²) in [6.07, 6.45) is 9.63. The number of ether oxygens (including phenoxy) is 1. The molecule has 0 amide bonds. The Morgan fingerprint density at radius 2 is 2.05 bits per heavy atom. The standard InChI is InChI=1S/C14H18Cl2N2O2/c15-11-8-17-18(13(19)12(11)16)9-10-4-7-14(20-10)5-2-1-3-6-14/h8,10H,1-7,9H2. The van der Waals surface area contributed by atoms with E-state index in [1.54, 1.807) is 0 Å². The molecule has 1 unspecified atom stereocenters. The molecule has 2 aliphatic rings. The topological polar surface area (TPSA) is 44.1 Å². The molecule has 1 aliphatic carbocycles. The van der Waals surface area contributed by atoms with Gasteiger partial charge in [0.1, 0.15) is 5.02 Å². The van der Waals surface area contributed by atoms with Crippen molar-refractivity contribution >= 4 is 23.2 Å². The zero-order valence-corrected chi connectivity index (χ0v) is 12.8. The summed E-state index contributed by atoms with van der Waals surface area (Å²) in [6, 6.07) is 0. The molecule has 1 spiro atoms. The van der Waals surface area contributed by atoms with Crippen LogP contribution in [-0.2, 0) is 11.3 Å². The number of hydrogen-bond donors (Lipinski definition) is 0. The van der Waals surface area contributed by atoms with Crippen LogP contribution in [0.1, 0.15) is 44.9 Å². The Labute approximate surface area is 128 Å². The van der Waals surface area contributed by atoms with Crippen molar-refractivity contribution in [1.82, 2.24) is 9.78 Å². The van der Waals surface area contributed by atoms with Gasteiger partial charge in [-0.3, -0.25) is 4.79 Å². The lowest BCUT2D eigenvalue weighted by atomic mass is 9.83. The van der Waals surface area contributed by atoms with Crippen LogP contribution >= 0.6 is 23.2 Å². The molecule has 0 N–H and O–H groups in total. The van der Waals surface area contributed by atoms with E-state index in [1.807, 2.05) is 0 Å². The van der Waals surface area contributed by atoms with Crippen LogP contribution in [0, 0.1) is 0 Å². The van der Waals surface area contributed by atoms with Crippen LogP contribution in [0.15, 0.2) is 11.0 Å². The van der Waals surface area contributed by atoms with Crippen molar-refractivity contribution in [2.75, 3.05) is 0 Å². The van der Waals surface area contributed by atoms with Crippen LogP contribution in [0.5, 0.6) is 0 Å². The first kappa shape index (κ1) is 14.4. The van der Waals surface area contributed by atoms with Gasteiger partial charge < -0.3 is 4.74 Å². The van der Waals surface area contributed by atoms with Gasteiger partial charge in [-0.1, -0.05) is 42.5 Å². The van der Waals surface area contributed by atoms with Crippen molar-refractivity contribution in [3.8, 4) is 0 Å². The Kier molecular flexibility index (Phi) is 4.07. The van der Waals surface area contributed by atoms with E-state index in [0.29, 0.717) is 6.54 Å². The highest BCUT2D eigenvalue weighted by Crippen LogP contribution is 2.42. The van der Waals surface area contributed by atoms with E-state index in [2.05, 4.69) is 5.10 Å². The fourth-order valence-corrected chi connectivity index (χ4v) is 3.63. The van der Waals surface area contributed by atoms with E-state index in [1.165, 1.54) is 30.1 Å². The summed E-state index contributed by atoms with van der Waals surface area (Å²) in [5.74, 6) is 0. The molecule has 0 aromatic carbocycles. The highest BCUT2D eigenvalue weighted by molar-refractivity contribution is 6.41. The van der Waals surface area contributed by atoms with Crippen molar-refractivity contribution in [2.24, 2.45) is 0 Å². The molecule has 2 fully saturated rings. The van der Waals surface area contributed by atoms with E-state index >= 15 is 0 Å². The maximum atomic E-state index is 12.0. The van der Waals surface area contributed by atoms with Crippen LogP contribution in [0.2, 0.25) is 10.0 Å². The molecule has 1 saturated carbocycles. The Morgan fingerprint density at radius 3 is 2.80 bits per heavy atom. The maximum absolute atomic E-state index is 12.0. The van der Waals surface area contributed by atoms with E-state index in [4.69, 9.17) is 27.9 Å². The summed E-state index contributed by atoms with van der Waals surface area (Å²) in [7, 11) is 0. The lowest BCUT2D eigenvalue weighted by Crippen LogP contribution is -2.34. The fraction of sp³-hybridized carbons (Fsp3) is 0.714. The van der Waals surface area contributed by atoms with Gasteiger partial charge in [0, 0.05) is 0 Å². The first-order valence-corrected chi connectivity index (χ1v) is 7.94. The number of nitrogens with zero attached hydrogens (tertiary/aromatic N) is 2. The molecule has 3 rings (SSSR count). The molecule has 0 bridgehead atoms. The van der Waals surface area contributed by atoms with Gasteiger partial charge in [-0.2, -0.15) is 5.10 Å². The zero-order chi connectivity index (χ0) is 14.2. The molecule has 20 heavy (non-hydrogen) atoms. The van der Waals surface area contributed by atoms with Gasteiger partial charge in [-0.25, -0.2) is 4.68 Å².